The molecule has 0 saturated carbocycles. The average Bonchev–Trinajstić information content (AvgIpc) is 2.48. The van der Waals surface area contributed by atoms with Crippen LogP contribution in [0.5, 0.6) is 0 Å². The minimum atomic E-state index is -0.448. The van der Waals surface area contributed by atoms with Gasteiger partial charge in [-0.15, -0.1) is 0 Å². The van der Waals surface area contributed by atoms with E-state index in [4.69, 9.17) is 16.2 Å². The third kappa shape index (κ3) is 3.91. The molecule has 2 heterocycles. The molecule has 1 saturated heterocycles. The molecule has 1 aliphatic rings. The zero-order chi connectivity index (χ0) is 14.4. The Bertz CT molecular complexity index is 427. The van der Waals surface area contributed by atoms with Gasteiger partial charge in [0, 0.05) is 25.9 Å². The molecular formula is C14H22N4O2. The average molecular weight is 278 g/mol. The van der Waals surface area contributed by atoms with Gasteiger partial charge in [0.15, 0.2) is 0 Å². The highest BCUT2D eigenvalue weighted by atomic mass is 16.5. The van der Waals surface area contributed by atoms with Crippen molar-refractivity contribution in [1.82, 2.24) is 4.98 Å². The number of hydrogen-bond acceptors (Lipinski definition) is 5. The van der Waals surface area contributed by atoms with E-state index < -0.39 is 5.91 Å². The minimum absolute atomic E-state index is 0.322. The first-order valence-corrected chi connectivity index (χ1v) is 7.03. The molecule has 1 fully saturated rings. The molecule has 0 atom stereocenters. The van der Waals surface area contributed by atoms with Gasteiger partial charge in [-0.05, 0) is 37.9 Å². The van der Waals surface area contributed by atoms with Gasteiger partial charge in [-0.1, -0.05) is 0 Å². The zero-order valence-corrected chi connectivity index (χ0v) is 11.6. The second-order valence-corrected chi connectivity index (χ2v) is 4.97. The molecule has 20 heavy (non-hydrogen) atoms. The summed E-state index contributed by atoms with van der Waals surface area (Å²) in [6.45, 7) is 3.24. The van der Waals surface area contributed by atoms with Crippen LogP contribution in [0.4, 0.5) is 5.82 Å². The van der Waals surface area contributed by atoms with Crippen LogP contribution in [0.1, 0.15) is 29.6 Å². The lowest BCUT2D eigenvalue weighted by Gasteiger charge is -2.32. The molecule has 0 bridgehead atoms. The molecule has 0 spiro atoms. The fraction of sp³-hybridized carbons (Fsp3) is 0.571. The highest BCUT2D eigenvalue weighted by Crippen LogP contribution is 2.19. The summed E-state index contributed by atoms with van der Waals surface area (Å²) in [6.07, 6.45) is 4.74. The predicted octanol–water partition coefficient (Wildman–Crippen LogP) is 0.515. The summed E-state index contributed by atoms with van der Waals surface area (Å²) < 4.78 is 5.77. The number of amides is 1. The first kappa shape index (κ1) is 14.7. The lowest BCUT2D eigenvalue weighted by molar-refractivity contribution is 0.0365. The van der Waals surface area contributed by atoms with Crippen LogP contribution in [0.3, 0.4) is 0 Å². The Morgan fingerprint density at radius 1 is 1.40 bits per heavy atom. The van der Waals surface area contributed by atoms with Gasteiger partial charge in [0.2, 0.25) is 5.91 Å². The van der Waals surface area contributed by atoms with Gasteiger partial charge in [0.1, 0.15) is 5.82 Å². The SMILES string of the molecule is NCCCOC1CCN(c2ccc(C(N)=O)cn2)CC1. The molecule has 2 rings (SSSR count). The van der Waals surface area contributed by atoms with Crippen molar-refractivity contribution in [1.29, 1.82) is 0 Å². The molecule has 1 amide bonds. The molecular weight excluding hydrogens is 256 g/mol. The van der Waals surface area contributed by atoms with Crippen molar-refractivity contribution in [3.8, 4) is 0 Å². The van der Waals surface area contributed by atoms with Crippen LogP contribution < -0.4 is 16.4 Å². The molecule has 0 unspecified atom stereocenters. The van der Waals surface area contributed by atoms with E-state index in [2.05, 4.69) is 9.88 Å². The largest absolute Gasteiger partial charge is 0.378 e. The maximum absolute atomic E-state index is 11.0. The molecule has 1 aromatic rings. The molecule has 1 aliphatic heterocycles. The summed E-state index contributed by atoms with van der Waals surface area (Å²) in [4.78, 5) is 17.5. The van der Waals surface area contributed by atoms with E-state index in [1.54, 1.807) is 6.07 Å². The Morgan fingerprint density at radius 3 is 2.70 bits per heavy atom. The fourth-order valence-corrected chi connectivity index (χ4v) is 2.30. The first-order chi connectivity index (χ1) is 9.70. The number of piperidine rings is 1. The molecule has 6 nitrogen and oxygen atoms in total. The first-order valence-electron chi connectivity index (χ1n) is 7.03. The van der Waals surface area contributed by atoms with Crippen molar-refractivity contribution in [3.05, 3.63) is 23.9 Å². The summed E-state index contributed by atoms with van der Waals surface area (Å²) in [5.41, 5.74) is 11.1. The van der Waals surface area contributed by atoms with Gasteiger partial charge in [0.05, 0.1) is 11.7 Å². The standard InChI is InChI=1S/C14H22N4O2/c15-6-1-9-20-12-4-7-18(8-5-12)13-3-2-11(10-17-13)14(16)19/h2-3,10,12H,1,4-9,15H2,(H2,16,19). The van der Waals surface area contributed by atoms with Crippen LogP contribution in [0.25, 0.3) is 0 Å². The molecule has 110 valence electrons. The van der Waals surface area contributed by atoms with Gasteiger partial charge in [0.25, 0.3) is 0 Å². The van der Waals surface area contributed by atoms with Gasteiger partial charge in [-0.25, -0.2) is 4.98 Å². The highest BCUT2D eigenvalue weighted by Gasteiger charge is 2.20. The molecule has 0 radical (unpaired) electrons. The number of ether oxygens (including phenoxy) is 1. The van der Waals surface area contributed by atoms with Gasteiger partial charge >= 0.3 is 0 Å². The van der Waals surface area contributed by atoms with E-state index in [9.17, 15) is 4.79 Å². The van der Waals surface area contributed by atoms with Crippen molar-refractivity contribution in [3.63, 3.8) is 0 Å². The molecule has 0 aromatic carbocycles. The minimum Gasteiger partial charge on any atom is -0.378 e. The number of carbonyl (C=O) groups is 1. The predicted molar refractivity (Wildman–Crippen MR) is 77.6 cm³/mol. The van der Waals surface area contributed by atoms with E-state index in [-0.39, 0.29) is 0 Å². The molecule has 4 N–H and O–H groups in total. The van der Waals surface area contributed by atoms with E-state index in [1.165, 1.54) is 6.20 Å². The van der Waals surface area contributed by atoms with Gasteiger partial charge in [-0.3, -0.25) is 4.79 Å². The number of aromatic nitrogens is 1. The van der Waals surface area contributed by atoms with Gasteiger partial charge < -0.3 is 21.1 Å². The summed E-state index contributed by atoms with van der Waals surface area (Å²) >= 11 is 0. The van der Waals surface area contributed by atoms with Crippen molar-refractivity contribution in [2.24, 2.45) is 11.5 Å². The van der Waals surface area contributed by atoms with Gasteiger partial charge in [-0.2, -0.15) is 0 Å². The lowest BCUT2D eigenvalue weighted by Crippen LogP contribution is -2.37. The van der Waals surface area contributed by atoms with Crippen molar-refractivity contribution in [2.75, 3.05) is 31.1 Å². The van der Waals surface area contributed by atoms with Crippen molar-refractivity contribution in [2.45, 2.75) is 25.4 Å². The van der Waals surface area contributed by atoms with E-state index >= 15 is 0 Å². The second-order valence-electron chi connectivity index (χ2n) is 4.97. The third-order valence-corrected chi connectivity index (χ3v) is 3.50. The van der Waals surface area contributed by atoms with Crippen molar-refractivity contribution < 1.29 is 9.53 Å². The van der Waals surface area contributed by atoms with E-state index in [0.29, 0.717) is 18.2 Å². The quantitative estimate of drug-likeness (QED) is 0.740. The maximum Gasteiger partial charge on any atom is 0.250 e. The van der Waals surface area contributed by atoms with Crippen LogP contribution in [-0.2, 0) is 4.74 Å². The molecule has 1 aromatic heterocycles. The number of anilines is 1. The highest BCUT2D eigenvalue weighted by molar-refractivity contribution is 5.92. The summed E-state index contributed by atoms with van der Waals surface area (Å²) in [6, 6.07) is 3.56. The zero-order valence-electron chi connectivity index (χ0n) is 11.6. The summed E-state index contributed by atoms with van der Waals surface area (Å²) in [5.74, 6) is 0.437. The summed E-state index contributed by atoms with van der Waals surface area (Å²) in [5, 5.41) is 0. The van der Waals surface area contributed by atoms with E-state index in [1.807, 2.05) is 6.07 Å². The van der Waals surface area contributed by atoms with Crippen LogP contribution >= 0.6 is 0 Å². The number of primary amides is 1. The number of pyridine rings is 1. The molecule has 6 heteroatoms. The fourth-order valence-electron chi connectivity index (χ4n) is 2.30. The number of rotatable bonds is 6. The number of nitrogens with two attached hydrogens (primary N) is 2. The van der Waals surface area contributed by atoms with Crippen LogP contribution in [0.2, 0.25) is 0 Å². The Labute approximate surface area is 119 Å². The van der Waals surface area contributed by atoms with Crippen LogP contribution in [0, 0.1) is 0 Å². The number of hydrogen-bond donors (Lipinski definition) is 2. The second kappa shape index (κ2) is 7.21. The molecule has 0 aliphatic carbocycles. The van der Waals surface area contributed by atoms with Crippen molar-refractivity contribution >= 4 is 11.7 Å². The third-order valence-electron chi connectivity index (χ3n) is 3.50. The normalized spacial score (nSPS) is 16.4. The topological polar surface area (TPSA) is 94.5 Å². The Morgan fingerprint density at radius 2 is 2.15 bits per heavy atom. The maximum atomic E-state index is 11.0. The number of nitrogens with zero attached hydrogens (tertiary/aromatic N) is 2. The summed E-state index contributed by atoms with van der Waals surface area (Å²) in [7, 11) is 0. The Kier molecular flexibility index (Phi) is 5.31. The monoisotopic (exact) mass is 278 g/mol. The van der Waals surface area contributed by atoms with Crippen LogP contribution in [0.15, 0.2) is 18.3 Å². The lowest BCUT2D eigenvalue weighted by atomic mass is 10.1. The van der Waals surface area contributed by atoms with Crippen LogP contribution in [-0.4, -0.2) is 43.2 Å². The Balaban J connectivity index is 1.82. The van der Waals surface area contributed by atoms with E-state index in [0.717, 1.165) is 44.8 Å². The smallest absolute Gasteiger partial charge is 0.250 e. The number of carbonyl (C=O) groups excluding carboxylic acids is 1. The Hall–Kier alpha value is -1.66.